The van der Waals surface area contributed by atoms with Crippen LogP contribution in [0.25, 0.3) is 0 Å². The molecule has 0 aliphatic carbocycles. The summed E-state index contributed by atoms with van der Waals surface area (Å²) < 4.78 is 18.1. The van der Waals surface area contributed by atoms with Gasteiger partial charge in [0.2, 0.25) is 4.38 Å². The molecule has 0 saturated carbocycles. The molecule has 2 bridgehead atoms. The molecule has 4 atom stereocenters. The lowest BCUT2D eigenvalue weighted by Crippen LogP contribution is -2.54. The second kappa shape index (κ2) is 4.88. The summed E-state index contributed by atoms with van der Waals surface area (Å²) in [7, 11) is 0. The van der Waals surface area contributed by atoms with Gasteiger partial charge < -0.3 is 14.2 Å². The Morgan fingerprint density at radius 2 is 2.29 bits per heavy atom. The van der Waals surface area contributed by atoms with Crippen LogP contribution < -0.4 is 0 Å². The van der Waals surface area contributed by atoms with Crippen molar-refractivity contribution in [3.8, 4) is 0 Å². The summed E-state index contributed by atoms with van der Waals surface area (Å²) in [4.78, 5) is 0. The fourth-order valence-corrected chi connectivity index (χ4v) is 2.60. The van der Waals surface area contributed by atoms with E-state index in [9.17, 15) is 0 Å². The molecule has 2 aliphatic heterocycles. The summed E-state index contributed by atoms with van der Waals surface area (Å²) >= 11 is 6.55. The summed E-state index contributed by atoms with van der Waals surface area (Å²) in [5.74, 6) is -0.594. The van der Waals surface area contributed by atoms with E-state index in [-0.39, 0.29) is 18.3 Å². The normalized spacial score (nSPS) is 40.7. The van der Waals surface area contributed by atoms with Gasteiger partial charge in [0.1, 0.15) is 12.2 Å². The van der Waals surface area contributed by atoms with E-state index in [1.165, 1.54) is 11.8 Å². The Morgan fingerprint density at radius 3 is 2.94 bits per heavy atom. The number of fused-ring (bicyclic) bond motifs is 2. The highest BCUT2D eigenvalue weighted by Crippen LogP contribution is 2.39. The van der Waals surface area contributed by atoms with Crippen molar-refractivity contribution in [3.63, 3.8) is 0 Å². The molecule has 0 aromatic rings. The Kier molecular flexibility index (Phi) is 3.83. The molecule has 2 rings (SSSR count). The Hall–Kier alpha value is -0.100. The lowest BCUT2D eigenvalue weighted by atomic mass is 9.94. The third-order valence-electron chi connectivity index (χ3n) is 3.26. The Morgan fingerprint density at radius 1 is 1.59 bits per heavy atom. The molecule has 1 fully saturated rings. The maximum absolute atomic E-state index is 5.97. The number of rotatable bonds is 1. The van der Waals surface area contributed by atoms with E-state index in [2.05, 4.69) is 13.0 Å². The van der Waals surface area contributed by atoms with Crippen molar-refractivity contribution in [2.24, 2.45) is 0 Å². The molecule has 96 valence electrons. The highest BCUT2D eigenvalue weighted by Gasteiger charge is 2.46. The summed E-state index contributed by atoms with van der Waals surface area (Å²) in [5.41, 5.74) is 1.05. The van der Waals surface area contributed by atoms with E-state index in [0.717, 1.165) is 12.0 Å². The van der Waals surface area contributed by atoms with Gasteiger partial charge in [-0.1, -0.05) is 11.8 Å². The average Bonchev–Trinajstić information content (AvgIpc) is 2.25. The molecule has 0 aromatic heterocycles. The monoisotopic (exact) mass is 274 g/mol. The van der Waals surface area contributed by atoms with E-state index in [4.69, 9.17) is 26.4 Å². The maximum Gasteiger partial charge on any atom is 0.220 e. The van der Waals surface area contributed by atoms with Crippen molar-refractivity contribution in [2.75, 3.05) is 6.26 Å². The van der Waals surface area contributed by atoms with E-state index in [1.807, 2.05) is 20.1 Å². The van der Waals surface area contributed by atoms with Crippen LogP contribution in [0, 0.1) is 0 Å². The minimum Gasteiger partial charge on any atom is -0.468 e. The van der Waals surface area contributed by atoms with Crippen LogP contribution in [0.15, 0.2) is 11.6 Å². The van der Waals surface area contributed by atoms with E-state index in [1.54, 1.807) is 0 Å². The third-order valence-corrected chi connectivity index (χ3v) is 4.29. The molecule has 0 spiro atoms. The topological polar surface area (TPSA) is 27.7 Å². The molecule has 2 aliphatic rings. The molecule has 1 saturated heterocycles. The smallest absolute Gasteiger partial charge is 0.220 e. The predicted octanol–water partition coefficient (Wildman–Crippen LogP) is 2.89. The molecule has 3 nitrogen and oxygen atoms in total. The highest BCUT2D eigenvalue weighted by atomic mass is 32.2. The summed E-state index contributed by atoms with van der Waals surface area (Å²) in [6.07, 6.45) is 4.94. The van der Waals surface area contributed by atoms with E-state index in [0.29, 0.717) is 4.38 Å². The van der Waals surface area contributed by atoms with Gasteiger partial charge in [-0.15, -0.1) is 0 Å². The summed E-state index contributed by atoms with van der Waals surface area (Å²) in [5, 5.41) is 0. The molecular formula is C12H18O3S2. The molecule has 0 aromatic carbocycles. The first-order chi connectivity index (χ1) is 7.94. The predicted molar refractivity (Wildman–Crippen MR) is 73.2 cm³/mol. The zero-order valence-corrected chi connectivity index (χ0v) is 12.2. The molecule has 5 heteroatoms. The van der Waals surface area contributed by atoms with E-state index < -0.39 is 5.79 Å². The van der Waals surface area contributed by atoms with Crippen LogP contribution in [0.1, 0.15) is 27.2 Å². The third kappa shape index (κ3) is 2.67. The van der Waals surface area contributed by atoms with Gasteiger partial charge >= 0.3 is 0 Å². The minimum atomic E-state index is -0.594. The first-order valence-corrected chi connectivity index (χ1v) is 7.37. The van der Waals surface area contributed by atoms with Gasteiger partial charge in [-0.3, -0.25) is 0 Å². The zero-order valence-electron chi connectivity index (χ0n) is 10.6. The Balaban J connectivity index is 2.19. The standard InChI is InChI=1S/C12H18O3S2/c1-7-5-9(13-11(16)17-4)10-6-8(2)14-12(7,3)15-10/h5,8-10H,6H2,1-4H3/t8-,9+,10+,12+/m0/s1. The zero-order chi connectivity index (χ0) is 12.6. The van der Waals surface area contributed by atoms with Crippen molar-refractivity contribution < 1.29 is 14.2 Å². The molecule has 0 radical (unpaired) electrons. The average molecular weight is 274 g/mol. The number of thiocarbonyl (C=S) groups is 1. The van der Waals surface area contributed by atoms with Gasteiger partial charge in [0.05, 0.1) is 6.10 Å². The van der Waals surface area contributed by atoms with Crippen molar-refractivity contribution >= 4 is 28.4 Å². The van der Waals surface area contributed by atoms with Gasteiger partial charge in [0.15, 0.2) is 5.79 Å². The van der Waals surface area contributed by atoms with Gasteiger partial charge in [0, 0.05) is 6.42 Å². The van der Waals surface area contributed by atoms with Gasteiger partial charge in [0.25, 0.3) is 0 Å². The van der Waals surface area contributed by atoms with E-state index >= 15 is 0 Å². The van der Waals surface area contributed by atoms with Crippen LogP contribution in [0.3, 0.4) is 0 Å². The minimum absolute atomic E-state index is 0.0255. The fourth-order valence-electron chi connectivity index (χ4n) is 2.29. The molecule has 0 amide bonds. The quantitative estimate of drug-likeness (QED) is 0.541. The van der Waals surface area contributed by atoms with Crippen molar-refractivity contribution in [1.82, 2.24) is 0 Å². The van der Waals surface area contributed by atoms with Crippen LogP contribution in [-0.2, 0) is 14.2 Å². The molecule has 0 unspecified atom stereocenters. The summed E-state index contributed by atoms with van der Waals surface area (Å²) in [6, 6.07) is 0. The SMILES string of the molecule is CSC(=S)O[C@@H]1C=C(C)[C@]2(C)O[C@@H](C)C[C@H]1O2. The lowest BCUT2D eigenvalue weighted by molar-refractivity contribution is -0.301. The first-order valence-electron chi connectivity index (χ1n) is 5.74. The molecule has 0 N–H and O–H groups in total. The maximum atomic E-state index is 5.97. The largest absolute Gasteiger partial charge is 0.468 e. The van der Waals surface area contributed by atoms with Gasteiger partial charge in [-0.25, -0.2) is 0 Å². The number of thioether (sulfide) groups is 1. The number of ether oxygens (including phenoxy) is 3. The highest BCUT2D eigenvalue weighted by molar-refractivity contribution is 8.22. The van der Waals surface area contributed by atoms with Crippen LogP contribution in [0.4, 0.5) is 0 Å². The van der Waals surface area contributed by atoms with Gasteiger partial charge in [-0.2, -0.15) is 0 Å². The summed E-state index contributed by atoms with van der Waals surface area (Å²) in [6.45, 7) is 6.04. The van der Waals surface area contributed by atoms with Crippen molar-refractivity contribution in [2.45, 2.75) is 51.3 Å². The van der Waals surface area contributed by atoms with Crippen LogP contribution in [0.5, 0.6) is 0 Å². The van der Waals surface area contributed by atoms with Crippen LogP contribution >= 0.6 is 24.0 Å². The van der Waals surface area contributed by atoms with Crippen LogP contribution in [0.2, 0.25) is 0 Å². The van der Waals surface area contributed by atoms with Gasteiger partial charge in [-0.05, 0) is 50.9 Å². The molecule has 17 heavy (non-hydrogen) atoms. The second-order valence-corrected chi connectivity index (χ2v) is 6.06. The van der Waals surface area contributed by atoms with Crippen molar-refractivity contribution in [1.29, 1.82) is 0 Å². The first kappa shape index (κ1) is 13.3. The Labute approximate surface area is 112 Å². The number of hydrogen-bond acceptors (Lipinski definition) is 5. The van der Waals surface area contributed by atoms with Crippen molar-refractivity contribution in [3.05, 3.63) is 11.6 Å². The Bertz CT molecular complexity index is 356. The number of hydrogen-bond donors (Lipinski definition) is 0. The van der Waals surface area contributed by atoms with Crippen LogP contribution in [-0.4, -0.2) is 34.7 Å². The lowest BCUT2D eigenvalue weighted by Gasteiger charge is -2.47. The second-order valence-electron chi connectivity index (χ2n) is 4.65. The molecular weight excluding hydrogens is 256 g/mol. The fraction of sp³-hybridized carbons (Fsp3) is 0.750. The molecule has 2 heterocycles.